The van der Waals surface area contributed by atoms with E-state index in [2.05, 4.69) is 0 Å². The van der Waals surface area contributed by atoms with Crippen LogP contribution in [0.2, 0.25) is 8.67 Å². The van der Waals surface area contributed by atoms with Crippen molar-refractivity contribution < 1.29 is 14.4 Å². The largest absolute Gasteiger partial charge is 0.292 e. The Hall–Kier alpha value is -1.69. The Balaban J connectivity index is 1.87. The number of imide groups is 1. The van der Waals surface area contributed by atoms with Crippen LogP contribution in [0.4, 0.5) is 0 Å². The lowest BCUT2D eigenvalue weighted by molar-refractivity contribution is 0.0624. The number of hydrogen-bond donors (Lipinski definition) is 0. The predicted molar refractivity (Wildman–Crippen MR) is 80.5 cm³/mol. The average molecular weight is 340 g/mol. The minimum Gasteiger partial charge on any atom is -0.292 e. The molecule has 1 aromatic heterocycles. The Labute approximate surface area is 133 Å². The van der Waals surface area contributed by atoms with E-state index in [1.54, 1.807) is 24.3 Å². The molecule has 21 heavy (non-hydrogen) atoms. The van der Waals surface area contributed by atoms with Crippen LogP contribution < -0.4 is 0 Å². The molecule has 0 unspecified atom stereocenters. The van der Waals surface area contributed by atoms with E-state index in [0.717, 1.165) is 16.2 Å². The standard InChI is InChI=1S/C14H7Cl2NO3S/c15-11-5-9(12(16)21-11)10(18)6-17-13(19)7-3-1-2-4-8(7)14(17)20/h1-5H,6H2. The fraction of sp³-hybridized carbons (Fsp3) is 0.0714. The molecule has 106 valence electrons. The summed E-state index contributed by atoms with van der Waals surface area (Å²) in [6.45, 7) is -0.348. The molecule has 0 N–H and O–H groups in total. The van der Waals surface area contributed by atoms with Gasteiger partial charge in [0.05, 0.1) is 27.6 Å². The minimum absolute atomic E-state index is 0.225. The van der Waals surface area contributed by atoms with Crippen molar-refractivity contribution in [1.82, 2.24) is 4.90 Å². The van der Waals surface area contributed by atoms with Crippen molar-refractivity contribution in [2.45, 2.75) is 0 Å². The van der Waals surface area contributed by atoms with E-state index in [1.165, 1.54) is 6.07 Å². The second kappa shape index (κ2) is 5.26. The van der Waals surface area contributed by atoms with E-state index in [4.69, 9.17) is 23.2 Å². The molecule has 1 aromatic carbocycles. The molecular formula is C14H7Cl2NO3S. The van der Waals surface area contributed by atoms with E-state index in [1.807, 2.05) is 0 Å². The number of hydrogen-bond acceptors (Lipinski definition) is 4. The van der Waals surface area contributed by atoms with Crippen molar-refractivity contribution in [3.8, 4) is 0 Å². The maximum absolute atomic E-state index is 12.2. The lowest BCUT2D eigenvalue weighted by Crippen LogP contribution is -2.34. The molecule has 0 aliphatic carbocycles. The molecule has 7 heteroatoms. The summed E-state index contributed by atoms with van der Waals surface area (Å²) in [5, 5.41) is 0. The van der Waals surface area contributed by atoms with Crippen molar-refractivity contribution >= 4 is 52.1 Å². The van der Waals surface area contributed by atoms with E-state index in [-0.39, 0.29) is 16.4 Å². The van der Waals surface area contributed by atoms with E-state index in [0.29, 0.717) is 15.5 Å². The van der Waals surface area contributed by atoms with Crippen molar-refractivity contribution in [1.29, 1.82) is 0 Å². The normalized spacial score (nSPS) is 13.7. The molecule has 0 saturated carbocycles. The van der Waals surface area contributed by atoms with E-state index >= 15 is 0 Å². The minimum atomic E-state index is -0.471. The number of ketones is 1. The van der Waals surface area contributed by atoms with Gasteiger partial charge in [-0.2, -0.15) is 0 Å². The third kappa shape index (κ3) is 2.37. The van der Waals surface area contributed by atoms with Gasteiger partial charge in [-0.1, -0.05) is 35.3 Å². The van der Waals surface area contributed by atoms with Crippen LogP contribution in [-0.4, -0.2) is 29.0 Å². The summed E-state index contributed by atoms with van der Waals surface area (Å²) in [6, 6.07) is 7.91. The smallest absolute Gasteiger partial charge is 0.261 e. The molecule has 0 radical (unpaired) electrons. The number of nitrogens with zero attached hydrogens (tertiary/aromatic N) is 1. The summed E-state index contributed by atoms with van der Waals surface area (Å²) in [6.07, 6.45) is 0. The highest BCUT2D eigenvalue weighted by Crippen LogP contribution is 2.32. The molecular weight excluding hydrogens is 333 g/mol. The summed E-state index contributed by atoms with van der Waals surface area (Å²) in [4.78, 5) is 37.4. The number of benzene rings is 1. The average Bonchev–Trinajstić information content (AvgIpc) is 2.92. The van der Waals surface area contributed by atoms with Gasteiger partial charge in [0.1, 0.15) is 4.34 Å². The van der Waals surface area contributed by atoms with Crippen LogP contribution in [0.5, 0.6) is 0 Å². The third-order valence-corrected chi connectivity index (χ3v) is 4.62. The lowest BCUT2D eigenvalue weighted by Gasteiger charge is -2.12. The highest BCUT2D eigenvalue weighted by Gasteiger charge is 2.36. The maximum atomic E-state index is 12.2. The number of fused-ring (bicyclic) bond motifs is 1. The van der Waals surface area contributed by atoms with Gasteiger partial charge in [-0.3, -0.25) is 19.3 Å². The van der Waals surface area contributed by atoms with Crippen molar-refractivity contribution in [2.24, 2.45) is 0 Å². The Bertz CT molecular complexity index is 749. The Morgan fingerprint density at radius 2 is 1.67 bits per heavy atom. The van der Waals surface area contributed by atoms with Crippen LogP contribution in [0.1, 0.15) is 31.1 Å². The lowest BCUT2D eigenvalue weighted by atomic mass is 10.1. The van der Waals surface area contributed by atoms with Crippen LogP contribution in [0.3, 0.4) is 0 Å². The van der Waals surface area contributed by atoms with Gasteiger partial charge >= 0.3 is 0 Å². The molecule has 2 amide bonds. The first-order valence-electron chi connectivity index (χ1n) is 5.92. The van der Waals surface area contributed by atoms with Gasteiger partial charge in [-0.25, -0.2) is 0 Å². The third-order valence-electron chi connectivity index (χ3n) is 3.14. The van der Waals surface area contributed by atoms with Crippen molar-refractivity contribution in [2.75, 3.05) is 6.54 Å². The Morgan fingerprint density at radius 3 is 2.14 bits per heavy atom. The number of rotatable bonds is 3. The zero-order chi connectivity index (χ0) is 15.1. The van der Waals surface area contributed by atoms with Gasteiger partial charge in [-0.05, 0) is 18.2 Å². The Morgan fingerprint density at radius 1 is 1.10 bits per heavy atom. The van der Waals surface area contributed by atoms with Crippen LogP contribution in [0.15, 0.2) is 30.3 Å². The zero-order valence-corrected chi connectivity index (χ0v) is 12.8. The molecule has 3 rings (SSSR count). The van der Waals surface area contributed by atoms with Crippen LogP contribution in [0.25, 0.3) is 0 Å². The molecule has 1 aliphatic heterocycles. The summed E-state index contributed by atoms with van der Waals surface area (Å²) in [5.74, 6) is -1.36. The molecule has 0 atom stereocenters. The second-order valence-electron chi connectivity index (χ2n) is 4.40. The molecule has 2 aromatic rings. The fourth-order valence-electron chi connectivity index (χ4n) is 2.14. The molecule has 0 saturated heterocycles. The van der Waals surface area contributed by atoms with Crippen molar-refractivity contribution in [3.63, 3.8) is 0 Å². The monoisotopic (exact) mass is 339 g/mol. The molecule has 0 fully saturated rings. The second-order valence-corrected chi connectivity index (χ2v) is 6.69. The fourth-order valence-corrected chi connectivity index (χ4v) is 3.64. The maximum Gasteiger partial charge on any atom is 0.261 e. The first kappa shape index (κ1) is 14.3. The zero-order valence-electron chi connectivity index (χ0n) is 10.4. The number of carbonyl (C=O) groups is 3. The molecule has 4 nitrogen and oxygen atoms in total. The van der Waals surface area contributed by atoms with E-state index < -0.39 is 17.6 Å². The first-order valence-corrected chi connectivity index (χ1v) is 7.49. The summed E-state index contributed by atoms with van der Waals surface area (Å²) in [5.41, 5.74) is 0.845. The van der Waals surface area contributed by atoms with Crippen LogP contribution in [-0.2, 0) is 0 Å². The summed E-state index contributed by atoms with van der Waals surface area (Å²) in [7, 11) is 0. The van der Waals surface area contributed by atoms with Crippen LogP contribution in [0, 0.1) is 0 Å². The number of carbonyl (C=O) groups excluding carboxylic acids is 3. The number of Topliss-reactive ketones (excluding diaryl/α,β-unsaturated/α-hetero) is 1. The number of amides is 2. The summed E-state index contributed by atoms with van der Waals surface area (Å²) < 4.78 is 0.632. The van der Waals surface area contributed by atoms with Gasteiger partial charge < -0.3 is 0 Å². The predicted octanol–water partition coefficient (Wildman–Crippen LogP) is 3.53. The van der Waals surface area contributed by atoms with Gasteiger partial charge in [0, 0.05) is 0 Å². The first-order chi connectivity index (χ1) is 9.99. The molecule has 0 bridgehead atoms. The molecule has 2 heterocycles. The van der Waals surface area contributed by atoms with Gasteiger partial charge in [0.15, 0.2) is 5.78 Å². The highest BCUT2D eigenvalue weighted by molar-refractivity contribution is 7.20. The molecule has 0 spiro atoms. The topological polar surface area (TPSA) is 54.5 Å². The SMILES string of the molecule is O=C(CN1C(=O)c2ccccc2C1=O)c1cc(Cl)sc1Cl. The number of halogens is 2. The van der Waals surface area contributed by atoms with Crippen LogP contribution >= 0.6 is 34.5 Å². The van der Waals surface area contributed by atoms with Gasteiger partial charge in [0.25, 0.3) is 11.8 Å². The Kier molecular flexibility index (Phi) is 3.57. The van der Waals surface area contributed by atoms with Crippen molar-refractivity contribution in [3.05, 3.63) is 55.7 Å². The van der Waals surface area contributed by atoms with Gasteiger partial charge in [-0.15, -0.1) is 11.3 Å². The number of thiophene rings is 1. The quantitative estimate of drug-likeness (QED) is 0.634. The molecule has 1 aliphatic rings. The van der Waals surface area contributed by atoms with E-state index in [9.17, 15) is 14.4 Å². The van der Waals surface area contributed by atoms with Gasteiger partial charge in [0.2, 0.25) is 0 Å². The summed E-state index contributed by atoms with van der Waals surface area (Å²) >= 11 is 12.8. The highest BCUT2D eigenvalue weighted by atomic mass is 35.5.